The predicted molar refractivity (Wildman–Crippen MR) is 298 cm³/mol. The van der Waals surface area contributed by atoms with Gasteiger partial charge < -0.3 is 9.80 Å². The van der Waals surface area contributed by atoms with E-state index in [1.165, 1.54) is 201 Å². The molecule has 0 fully saturated rings. The maximum Gasteiger partial charge on any atom is 0.0525 e. The summed E-state index contributed by atoms with van der Waals surface area (Å²) in [5.41, 5.74) is 49.5. The molecule has 2 nitrogen and oxygen atoms in total. The Labute approximate surface area is 409 Å². The van der Waals surface area contributed by atoms with Crippen LogP contribution >= 0.6 is 0 Å². The van der Waals surface area contributed by atoms with Crippen LogP contribution in [0.4, 0.5) is 34.1 Å². The Kier molecular flexibility index (Phi) is 13.9. The van der Waals surface area contributed by atoms with Crippen LogP contribution in [0.1, 0.15) is 167 Å². The fraction of sp³-hybridized carbons (Fsp3) is 0.446. The Bertz CT molecular complexity index is 2580. The molecule has 0 aliphatic carbocycles. The minimum absolute atomic E-state index is 0.891. The fourth-order valence-electron chi connectivity index (χ4n) is 12.1. The zero-order valence-corrected chi connectivity index (χ0v) is 47.6. The van der Waals surface area contributed by atoms with Gasteiger partial charge in [0.15, 0.2) is 0 Å². The topological polar surface area (TPSA) is 6.48 Å². The molecule has 0 aliphatic heterocycles. The number of rotatable bonds is 8. The van der Waals surface area contributed by atoms with Crippen LogP contribution in [0.2, 0.25) is 0 Å². The third-order valence-corrected chi connectivity index (χ3v) is 19.0. The Morgan fingerprint density at radius 3 is 0.388 bits per heavy atom. The van der Waals surface area contributed by atoms with Crippen molar-refractivity contribution in [2.24, 2.45) is 0 Å². The van der Waals surface area contributed by atoms with Crippen molar-refractivity contribution >= 4 is 34.1 Å². The van der Waals surface area contributed by atoms with Gasteiger partial charge in [-0.1, -0.05) is 0 Å². The maximum atomic E-state index is 2.70. The van der Waals surface area contributed by atoms with E-state index >= 15 is 0 Å². The number of hydrogen-bond acceptors (Lipinski definition) is 2. The first-order chi connectivity index (χ1) is 31.0. The maximum absolute atomic E-state index is 2.70. The molecule has 0 radical (unpaired) electrons. The summed E-state index contributed by atoms with van der Waals surface area (Å²) in [7, 11) is 0. The highest BCUT2D eigenvalue weighted by atomic mass is 15.2. The minimum Gasteiger partial charge on any atom is -0.309 e. The van der Waals surface area contributed by atoms with Gasteiger partial charge in [-0.25, -0.2) is 0 Å². The second-order valence-electron chi connectivity index (χ2n) is 21.4. The number of hydrogen-bond donors (Lipinski definition) is 0. The summed E-state index contributed by atoms with van der Waals surface area (Å²) in [5, 5.41) is 0. The van der Waals surface area contributed by atoms with Gasteiger partial charge in [0.05, 0.1) is 34.1 Å². The Morgan fingerprint density at radius 2 is 0.254 bits per heavy atom. The molecule has 0 saturated carbocycles. The van der Waals surface area contributed by atoms with Crippen LogP contribution in [0.25, 0.3) is 0 Å². The van der Waals surface area contributed by atoms with E-state index in [1.807, 2.05) is 0 Å². The molecule has 0 spiro atoms. The summed E-state index contributed by atoms with van der Waals surface area (Å²) in [6, 6.07) is 0. The lowest BCUT2D eigenvalue weighted by atomic mass is 9.82. The molecular weight excluding hydrogens is 809 g/mol. The van der Waals surface area contributed by atoms with Gasteiger partial charge in [0, 0.05) is 0 Å². The molecule has 67 heavy (non-hydrogen) atoms. The highest BCUT2D eigenvalue weighted by Gasteiger charge is 2.32. The van der Waals surface area contributed by atoms with Gasteiger partial charge in [-0.3, -0.25) is 0 Å². The standard InChI is InChI=1S/C65H86N2/c1-30-34(5)46(17)60(47(18)35(30)6)66(61-48(19)36(7)31(2)37(8)49(61)20)64-54(25)42(13)58(43(14)55(64)26)29-59-44(15)56(27)65(57(28)45(59)16)67(62-50(21)38(9)32(3)39(10)51(62)22)63-52(23)40(11)33(4)41(12)53(63)24/h29H2,1-28H3. The van der Waals surface area contributed by atoms with E-state index in [0.29, 0.717) is 0 Å². The average Bonchev–Trinajstić information content (AvgIpc) is 3.29. The molecule has 6 aromatic rings. The molecule has 0 heterocycles. The molecule has 0 aliphatic rings. The molecule has 2 heteroatoms. The van der Waals surface area contributed by atoms with Crippen molar-refractivity contribution in [3.8, 4) is 0 Å². The zero-order chi connectivity index (χ0) is 50.6. The second-order valence-corrected chi connectivity index (χ2v) is 21.4. The summed E-state index contributed by atoms with van der Waals surface area (Å²) in [5.74, 6) is 0. The molecule has 356 valence electrons. The van der Waals surface area contributed by atoms with E-state index in [1.54, 1.807) is 0 Å². The van der Waals surface area contributed by atoms with Crippen molar-refractivity contribution in [1.82, 2.24) is 0 Å². The molecular formula is C65H86N2. The SMILES string of the molecule is Cc1c(C)c(C)c(N(c2c(C)c(C)c(C)c(C)c2C)c2c(C)c(C)c(Cc3c(C)c(C)c(N(c4c(C)c(C)c(C)c(C)c4C)c4c(C)c(C)c(C)c(C)c4C)c(C)c3C)c(C)c2C)c(C)c1C. The normalized spacial score (nSPS) is 11.6. The average molecular weight is 895 g/mol. The minimum atomic E-state index is 0.891. The van der Waals surface area contributed by atoms with Gasteiger partial charge in [-0.2, -0.15) is 0 Å². The van der Waals surface area contributed by atoms with Crippen molar-refractivity contribution in [2.75, 3.05) is 9.80 Å². The van der Waals surface area contributed by atoms with Crippen LogP contribution in [0.5, 0.6) is 0 Å². The summed E-state index contributed by atoms with van der Waals surface area (Å²) in [6.07, 6.45) is 0.891. The molecule has 6 aromatic carbocycles. The van der Waals surface area contributed by atoms with Gasteiger partial charge in [-0.05, 0) is 367 Å². The molecule has 0 N–H and O–H groups in total. The van der Waals surface area contributed by atoms with Crippen molar-refractivity contribution in [1.29, 1.82) is 0 Å². The van der Waals surface area contributed by atoms with Crippen LogP contribution < -0.4 is 9.80 Å². The van der Waals surface area contributed by atoms with E-state index in [9.17, 15) is 0 Å². The first-order valence-corrected chi connectivity index (χ1v) is 25.0. The van der Waals surface area contributed by atoms with Crippen molar-refractivity contribution < 1.29 is 0 Å². The van der Waals surface area contributed by atoms with Crippen LogP contribution in [-0.2, 0) is 6.42 Å². The van der Waals surface area contributed by atoms with Crippen LogP contribution in [0.3, 0.4) is 0 Å². The zero-order valence-electron chi connectivity index (χ0n) is 47.6. The Hall–Kier alpha value is -5.08. The molecule has 0 unspecified atom stereocenters. The van der Waals surface area contributed by atoms with Gasteiger partial charge >= 0.3 is 0 Å². The third-order valence-electron chi connectivity index (χ3n) is 19.0. The number of benzene rings is 6. The Balaban J connectivity index is 1.67. The first kappa shape index (κ1) is 51.3. The van der Waals surface area contributed by atoms with E-state index < -0.39 is 0 Å². The fourth-order valence-corrected chi connectivity index (χ4v) is 12.1. The van der Waals surface area contributed by atoms with E-state index in [4.69, 9.17) is 0 Å². The van der Waals surface area contributed by atoms with Crippen LogP contribution in [0, 0.1) is 194 Å². The van der Waals surface area contributed by atoms with Gasteiger partial charge in [-0.15, -0.1) is 0 Å². The molecule has 6 rings (SSSR count). The lowest BCUT2D eigenvalue weighted by Gasteiger charge is -2.38. The predicted octanol–water partition coefficient (Wildman–Crippen LogP) is 18.9. The smallest absolute Gasteiger partial charge is 0.0525 e. The van der Waals surface area contributed by atoms with E-state index in [-0.39, 0.29) is 0 Å². The van der Waals surface area contributed by atoms with E-state index in [2.05, 4.69) is 204 Å². The van der Waals surface area contributed by atoms with Crippen molar-refractivity contribution in [2.45, 2.75) is 200 Å². The largest absolute Gasteiger partial charge is 0.309 e. The molecule has 0 bridgehead atoms. The summed E-state index contributed by atoms with van der Waals surface area (Å²) < 4.78 is 0. The summed E-state index contributed by atoms with van der Waals surface area (Å²) >= 11 is 0. The van der Waals surface area contributed by atoms with Crippen LogP contribution in [-0.4, -0.2) is 0 Å². The molecule has 0 aromatic heterocycles. The molecule has 0 amide bonds. The van der Waals surface area contributed by atoms with Gasteiger partial charge in [0.25, 0.3) is 0 Å². The lowest BCUT2D eigenvalue weighted by molar-refractivity contribution is 1.01. The summed E-state index contributed by atoms with van der Waals surface area (Å²) in [6.45, 7) is 65.7. The highest BCUT2D eigenvalue weighted by Crippen LogP contribution is 2.52. The Morgan fingerprint density at radius 1 is 0.149 bits per heavy atom. The third kappa shape index (κ3) is 7.59. The van der Waals surface area contributed by atoms with Crippen LogP contribution in [0.15, 0.2) is 0 Å². The number of anilines is 6. The highest BCUT2D eigenvalue weighted by molar-refractivity contribution is 5.92. The monoisotopic (exact) mass is 895 g/mol. The van der Waals surface area contributed by atoms with Crippen molar-refractivity contribution in [3.63, 3.8) is 0 Å². The molecule has 0 atom stereocenters. The lowest BCUT2D eigenvalue weighted by Crippen LogP contribution is -2.22. The van der Waals surface area contributed by atoms with Gasteiger partial charge in [0.1, 0.15) is 0 Å². The summed E-state index contributed by atoms with van der Waals surface area (Å²) in [4.78, 5) is 5.40. The number of nitrogens with zero attached hydrogens (tertiary/aromatic N) is 2. The van der Waals surface area contributed by atoms with E-state index in [0.717, 1.165) is 6.42 Å². The quantitative estimate of drug-likeness (QED) is 0.150. The first-order valence-electron chi connectivity index (χ1n) is 25.0. The van der Waals surface area contributed by atoms with Gasteiger partial charge in [0.2, 0.25) is 0 Å². The molecule has 0 saturated heterocycles. The van der Waals surface area contributed by atoms with Crippen molar-refractivity contribution in [3.05, 3.63) is 167 Å². The second kappa shape index (κ2) is 18.1.